The van der Waals surface area contributed by atoms with E-state index in [2.05, 4.69) is 0 Å². The lowest BCUT2D eigenvalue weighted by Crippen LogP contribution is -2.37. The van der Waals surface area contributed by atoms with E-state index >= 15 is 0 Å². The SMILES string of the molecule is O=C(O)CN(C(=O)c1ccc(F)cc1[N+](=O)[O-])C1CC1. The Hall–Kier alpha value is -2.51. The number of nitrogens with zero attached hydrogens (tertiary/aromatic N) is 2. The summed E-state index contributed by atoms with van der Waals surface area (Å²) in [5.41, 5.74) is -0.962. The molecule has 0 unspecified atom stereocenters. The largest absolute Gasteiger partial charge is 0.480 e. The van der Waals surface area contributed by atoms with E-state index in [4.69, 9.17) is 5.11 Å². The maximum absolute atomic E-state index is 13.0. The highest BCUT2D eigenvalue weighted by Gasteiger charge is 2.36. The molecule has 1 amide bonds. The lowest BCUT2D eigenvalue weighted by Gasteiger charge is -2.20. The molecule has 0 aromatic heterocycles. The Bertz CT molecular complexity index is 585. The first kappa shape index (κ1) is 13.9. The number of aliphatic carboxylic acids is 1. The predicted molar refractivity (Wildman–Crippen MR) is 64.7 cm³/mol. The maximum atomic E-state index is 13.0. The van der Waals surface area contributed by atoms with Crippen molar-refractivity contribution in [2.75, 3.05) is 6.54 Å². The van der Waals surface area contributed by atoms with E-state index in [9.17, 15) is 24.1 Å². The molecule has 0 atom stereocenters. The van der Waals surface area contributed by atoms with Crippen LogP contribution in [0.25, 0.3) is 0 Å². The highest BCUT2D eigenvalue weighted by Crippen LogP contribution is 2.30. The number of carbonyl (C=O) groups excluding carboxylic acids is 1. The highest BCUT2D eigenvalue weighted by atomic mass is 19.1. The van der Waals surface area contributed by atoms with Crippen LogP contribution in [0, 0.1) is 15.9 Å². The Labute approximate surface area is 112 Å². The van der Waals surface area contributed by atoms with Gasteiger partial charge in [0.25, 0.3) is 11.6 Å². The zero-order valence-electron chi connectivity index (χ0n) is 10.3. The normalized spacial score (nSPS) is 13.8. The summed E-state index contributed by atoms with van der Waals surface area (Å²) in [7, 11) is 0. The molecular formula is C12H11FN2O5. The van der Waals surface area contributed by atoms with Crippen LogP contribution in [0.3, 0.4) is 0 Å². The molecule has 1 aromatic rings. The Morgan fingerprint density at radius 1 is 1.45 bits per heavy atom. The van der Waals surface area contributed by atoms with Gasteiger partial charge in [0.15, 0.2) is 0 Å². The van der Waals surface area contributed by atoms with Gasteiger partial charge in [-0.25, -0.2) is 4.39 Å². The molecule has 1 saturated carbocycles. The standard InChI is InChI=1S/C12H11FN2O5/c13-7-1-4-9(10(5-7)15(19)20)12(18)14(6-11(16)17)8-2-3-8/h1,4-5,8H,2-3,6H2,(H,16,17). The number of amides is 1. The van der Waals surface area contributed by atoms with E-state index < -0.39 is 34.8 Å². The van der Waals surface area contributed by atoms with E-state index in [0.717, 1.165) is 17.0 Å². The van der Waals surface area contributed by atoms with Crippen LogP contribution in [0.5, 0.6) is 0 Å². The molecule has 7 nitrogen and oxygen atoms in total. The van der Waals surface area contributed by atoms with Crippen molar-refractivity contribution < 1.29 is 24.0 Å². The Morgan fingerprint density at radius 2 is 2.10 bits per heavy atom. The lowest BCUT2D eigenvalue weighted by atomic mass is 10.1. The highest BCUT2D eigenvalue weighted by molar-refractivity contribution is 5.99. The monoisotopic (exact) mass is 282 g/mol. The summed E-state index contributed by atoms with van der Waals surface area (Å²) in [6, 6.07) is 2.38. The number of benzene rings is 1. The number of hydrogen-bond donors (Lipinski definition) is 1. The van der Waals surface area contributed by atoms with Gasteiger partial charge in [-0.2, -0.15) is 0 Å². The Balaban J connectivity index is 2.36. The first-order valence-corrected chi connectivity index (χ1v) is 5.87. The zero-order chi connectivity index (χ0) is 14.9. The van der Waals surface area contributed by atoms with Crippen molar-refractivity contribution in [1.82, 2.24) is 4.90 Å². The van der Waals surface area contributed by atoms with Gasteiger partial charge in [0.2, 0.25) is 0 Å². The van der Waals surface area contributed by atoms with Crippen LogP contribution in [0.4, 0.5) is 10.1 Å². The van der Waals surface area contributed by atoms with Crippen molar-refractivity contribution in [3.63, 3.8) is 0 Å². The van der Waals surface area contributed by atoms with Crippen molar-refractivity contribution in [3.05, 3.63) is 39.7 Å². The summed E-state index contributed by atoms with van der Waals surface area (Å²) in [6.45, 7) is -0.530. The first-order chi connectivity index (χ1) is 9.40. The average molecular weight is 282 g/mol. The van der Waals surface area contributed by atoms with Gasteiger partial charge >= 0.3 is 5.97 Å². The van der Waals surface area contributed by atoms with Crippen molar-refractivity contribution in [2.45, 2.75) is 18.9 Å². The van der Waals surface area contributed by atoms with E-state index in [1.54, 1.807) is 0 Å². The molecule has 0 spiro atoms. The number of carboxylic acids is 1. The van der Waals surface area contributed by atoms with Gasteiger partial charge < -0.3 is 10.0 Å². The molecule has 8 heteroatoms. The molecule has 0 bridgehead atoms. The number of rotatable bonds is 5. The summed E-state index contributed by atoms with van der Waals surface area (Å²) in [5.74, 6) is -2.79. The quantitative estimate of drug-likeness (QED) is 0.650. The van der Waals surface area contributed by atoms with Gasteiger partial charge in [-0.15, -0.1) is 0 Å². The third kappa shape index (κ3) is 2.90. The summed E-state index contributed by atoms with van der Waals surface area (Å²) in [5, 5.41) is 19.7. The second-order valence-corrected chi connectivity index (χ2v) is 4.48. The molecule has 1 N–H and O–H groups in total. The van der Waals surface area contributed by atoms with Crippen LogP contribution in [-0.4, -0.2) is 39.4 Å². The molecule has 0 radical (unpaired) electrons. The van der Waals surface area contributed by atoms with Crippen LogP contribution in [0.15, 0.2) is 18.2 Å². The Morgan fingerprint density at radius 3 is 2.60 bits per heavy atom. The Kier molecular flexibility index (Phi) is 3.64. The summed E-state index contributed by atoms with van der Waals surface area (Å²) < 4.78 is 13.0. The maximum Gasteiger partial charge on any atom is 0.323 e. The lowest BCUT2D eigenvalue weighted by molar-refractivity contribution is -0.385. The number of halogens is 1. The fraction of sp³-hybridized carbons (Fsp3) is 0.333. The molecule has 1 aromatic carbocycles. The van der Waals surface area contributed by atoms with E-state index in [-0.39, 0.29) is 11.6 Å². The molecule has 1 aliphatic rings. The molecule has 0 saturated heterocycles. The van der Waals surface area contributed by atoms with Crippen molar-refractivity contribution in [2.24, 2.45) is 0 Å². The first-order valence-electron chi connectivity index (χ1n) is 5.87. The van der Waals surface area contributed by atoms with Crippen molar-refractivity contribution in [3.8, 4) is 0 Å². The third-order valence-corrected chi connectivity index (χ3v) is 2.94. The van der Waals surface area contributed by atoms with Gasteiger partial charge in [-0.3, -0.25) is 19.7 Å². The molecule has 20 heavy (non-hydrogen) atoms. The van der Waals surface area contributed by atoms with E-state index in [1.807, 2.05) is 0 Å². The van der Waals surface area contributed by atoms with Crippen molar-refractivity contribution in [1.29, 1.82) is 0 Å². The number of carbonyl (C=O) groups is 2. The fourth-order valence-electron chi connectivity index (χ4n) is 1.89. The molecule has 2 rings (SSSR count). The molecule has 1 fully saturated rings. The molecule has 0 aliphatic heterocycles. The van der Waals surface area contributed by atoms with Crippen LogP contribution in [0.2, 0.25) is 0 Å². The molecular weight excluding hydrogens is 271 g/mol. The minimum absolute atomic E-state index is 0.219. The minimum Gasteiger partial charge on any atom is -0.480 e. The van der Waals surface area contributed by atoms with Gasteiger partial charge in [-0.1, -0.05) is 0 Å². The summed E-state index contributed by atoms with van der Waals surface area (Å²) in [4.78, 5) is 34.1. The summed E-state index contributed by atoms with van der Waals surface area (Å²) >= 11 is 0. The topological polar surface area (TPSA) is 101 Å². The molecule has 106 valence electrons. The van der Waals surface area contributed by atoms with Gasteiger partial charge in [0, 0.05) is 6.04 Å². The van der Waals surface area contributed by atoms with Gasteiger partial charge in [0.05, 0.1) is 11.0 Å². The van der Waals surface area contributed by atoms with E-state index in [1.165, 1.54) is 0 Å². The molecule has 0 heterocycles. The average Bonchev–Trinajstić information content (AvgIpc) is 3.19. The summed E-state index contributed by atoms with van der Waals surface area (Å²) in [6.07, 6.45) is 1.32. The van der Waals surface area contributed by atoms with Gasteiger partial charge in [-0.05, 0) is 25.0 Å². The number of carboxylic acid groups (broad SMARTS) is 1. The smallest absolute Gasteiger partial charge is 0.323 e. The van der Waals surface area contributed by atoms with Crippen LogP contribution >= 0.6 is 0 Å². The van der Waals surface area contributed by atoms with Crippen LogP contribution in [0.1, 0.15) is 23.2 Å². The number of nitro groups is 1. The molecule has 1 aliphatic carbocycles. The second kappa shape index (κ2) is 5.24. The van der Waals surface area contributed by atoms with Crippen LogP contribution in [-0.2, 0) is 4.79 Å². The number of hydrogen-bond acceptors (Lipinski definition) is 4. The van der Waals surface area contributed by atoms with Gasteiger partial charge in [0.1, 0.15) is 17.9 Å². The van der Waals surface area contributed by atoms with Crippen molar-refractivity contribution >= 4 is 17.6 Å². The predicted octanol–water partition coefficient (Wildman–Crippen LogP) is 1.42. The zero-order valence-corrected chi connectivity index (χ0v) is 10.3. The second-order valence-electron chi connectivity index (χ2n) is 4.48. The third-order valence-electron chi connectivity index (χ3n) is 2.94. The van der Waals surface area contributed by atoms with E-state index in [0.29, 0.717) is 18.9 Å². The van der Waals surface area contributed by atoms with Crippen LogP contribution < -0.4 is 0 Å². The number of nitro benzene ring substituents is 1. The fourth-order valence-corrected chi connectivity index (χ4v) is 1.89. The minimum atomic E-state index is -1.20.